The van der Waals surface area contributed by atoms with Crippen molar-refractivity contribution in [3.05, 3.63) is 0 Å². The van der Waals surface area contributed by atoms with E-state index in [1.807, 2.05) is 0 Å². The molecule has 21 heavy (non-hydrogen) atoms. The number of rotatable bonds is 2. The lowest BCUT2D eigenvalue weighted by Crippen LogP contribution is -2.67. The van der Waals surface area contributed by atoms with Gasteiger partial charge >= 0.3 is 12.2 Å². The van der Waals surface area contributed by atoms with Crippen molar-refractivity contribution in [3.63, 3.8) is 0 Å². The Labute approximate surface area is 117 Å². The van der Waals surface area contributed by atoms with Crippen LogP contribution in [0.5, 0.6) is 0 Å². The molecule has 3 unspecified atom stereocenters. The van der Waals surface area contributed by atoms with Crippen LogP contribution in [-0.4, -0.2) is 59.2 Å². The van der Waals surface area contributed by atoms with Crippen LogP contribution in [0.3, 0.4) is 0 Å². The molecular weight excluding hydrogens is 293 g/mol. The summed E-state index contributed by atoms with van der Waals surface area (Å²) in [4.78, 5) is 24.1. The highest BCUT2D eigenvalue weighted by atomic mass is 19.4. The third-order valence-corrected chi connectivity index (χ3v) is 4.04. The SMILES string of the molecule is CC(C(F)(F)F)C1(C(N)=O)N=NN2CCN(C(N)=O)CC21. The number of hydrogen-bond donors (Lipinski definition) is 2. The number of carbonyl (C=O) groups is 2. The second kappa shape index (κ2) is 4.74. The van der Waals surface area contributed by atoms with Gasteiger partial charge in [0.25, 0.3) is 0 Å². The van der Waals surface area contributed by atoms with Crippen LogP contribution in [0.25, 0.3) is 0 Å². The number of alkyl halides is 3. The minimum Gasteiger partial charge on any atom is -0.367 e. The van der Waals surface area contributed by atoms with Gasteiger partial charge in [0, 0.05) is 13.1 Å². The van der Waals surface area contributed by atoms with E-state index < -0.39 is 35.6 Å². The molecule has 3 atom stereocenters. The largest absolute Gasteiger partial charge is 0.394 e. The van der Waals surface area contributed by atoms with Gasteiger partial charge in [-0.15, -0.1) is 0 Å². The van der Waals surface area contributed by atoms with Crippen LogP contribution in [0, 0.1) is 5.92 Å². The molecule has 2 aliphatic heterocycles. The molecule has 0 radical (unpaired) electrons. The van der Waals surface area contributed by atoms with E-state index in [2.05, 4.69) is 10.3 Å². The molecule has 1 saturated heterocycles. The van der Waals surface area contributed by atoms with Gasteiger partial charge in [0.15, 0.2) is 5.54 Å². The zero-order valence-electron chi connectivity index (χ0n) is 11.2. The Bertz CT molecular complexity index is 496. The van der Waals surface area contributed by atoms with E-state index in [1.165, 1.54) is 5.01 Å². The fourth-order valence-corrected chi connectivity index (χ4v) is 2.70. The Morgan fingerprint density at radius 3 is 2.43 bits per heavy atom. The van der Waals surface area contributed by atoms with Gasteiger partial charge < -0.3 is 16.4 Å². The van der Waals surface area contributed by atoms with Crippen LogP contribution in [0.15, 0.2) is 10.3 Å². The van der Waals surface area contributed by atoms with Crippen molar-refractivity contribution in [1.82, 2.24) is 9.91 Å². The molecule has 0 spiro atoms. The average Bonchev–Trinajstić information content (AvgIpc) is 2.76. The Hall–Kier alpha value is -2.07. The Kier molecular flexibility index (Phi) is 3.46. The second-order valence-electron chi connectivity index (χ2n) is 5.11. The summed E-state index contributed by atoms with van der Waals surface area (Å²) in [6, 6.07) is -1.85. The highest BCUT2D eigenvalue weighted by molar-refractivity contribution is 5.87. The summed E-state index contributed by atoms with van der Waals surface area (Å²) in [6.07, 6.45) is -4.68. The van der Waals surface area contributed by atoms with Crippen molar-refractivity contribution in [2.45, 2.75) is 24.7 Å². The standard InChI is InChI=1S/C10H15F3N6O2/c1-5(10(11,12)13)9(7(14)20)6-4-18(8(15)21)2-3-19(6)17-16-9/h5-6H,2-4H2,1H3,(H2,14,20)(H2,15,21). The van der Waals surface area contributed by atoms with Crippen LogP contribution in [0.4, 0.5) is 18.0 Å². The fraction of sp³-hybridized carbons (Fsp3) is 0.800. The predicted octanol–water partition coefficient (Wildman–Crippen LogP) is -0.145. The number of hydrogen-bond acceptors (Lipinski definition) is 5. The molecule has 4 N–H and O–H groups in total. The number of carbonyl (C=O) groups excluding carboxylic acids is 2. The number of piperazine rings is 1. The molecule has 0 bridgehead atoms. The van der Waals surface area contributed by atoms with E-state index in [9.17, 15) is 22.8 Å². The molecular formula is C10H15F3N6O2. The third kappa shape index (κ3) is 2.25. The van der Waals surface area contributed by atoms with E-state index >= 15 is 0 Å². The summed E-state index contributed by atoms with van der Waals surface area (Å²) in [6.45, 7) is 0.971. The highest BCUT2D eigenvalue weighted by Crippen LogP contribution is 2.44. The Morgan fingerprint density at radius 1 is 1.33 bits per heavy atom. The van der Waals surface area contributed by atoms with Crippen LogP contribution in [-0.2, 0) is 4.79 Å². The van der Waals surface area contributed by atoms with Gasteiger partial charge in [-0.05, 0) is 0 Å². The van der Waals surface area contributed by atoms with Crippen LogP contribution in [0.1, 0.15) is 6.92 Å². The molecule has 0 aromatic heterocycles. The van der Waals surface area contributed by atoms with Crippen molar-refractivity contribution in [1.29, 1.82) is 0 Å². The quantitative estimate of drug-likeness (QED) is 0.738. The monoisotopic (exact) mass is 308 g/mol. The molecule has 0 aromatic carbocycles. The number of amides is 3. The lowest BCUT2D eigenvalue weighted by atomic mass is 9.77. The van der Waals surface area contributed by atoms with E-state index in [-0.39, 0.29) is 19.6 Å². The van der Waals surface area contributed by atoms with Crippen molar-refractivity contribution < 1.29 is 22.8 Å². The minimum absolute atomic E-state index is 0.136. The van der Waals surface area contributed by atoms with Crippen LogP contribution >= 0.6 is 0 Å². The maximum atomic E-state index is 13.1. The molecule has 11 heteroatoms. The lowest BCUT2D eigenvalue weighted by molar-refractivity contribution is -0.193. The van der Waals surface area contributed by atoms with Crippen molar-refractivity contribution in [2.24, 2.45) is 27.7 Å². The predicted molar refractivity (Wildman–Crippen MR) is 63.7 cm³/mol. The van der Waals surface area contributed by atoms with Crippen LogP contribution < -0.4 is 11.5 Å². The Balaban J connectivity index is 2.40. The molecule has 8 nitrogen and oxygen atoms in total. The zero-order valence-corrected chi connectivity index (χ0v) is 11.2. The van der Waals surface area contributed by atoms with Gasteiger partial charge in [-0.1, -0.05) is 12.1 Å². The van der Waals surface area contributed by atoms with Gasteiger partial charge in [0.2, 0.25) is 5.91 Å². The van der Waals surface area contributed by atoms with Gasteiger partial charge in [-0.3, -0.25) is 9.80 Å². The van der Waals surface area contributed by atoms with Gasteiger partial charge in [0.05, 0.1) is 12.5 Å². The minimum atomic E-state index is -4.68. The molecule has 0 aliphatic carbocycles. The van der Waals surface area contributed by atoms with Crippen molar-refractivity contribution in [2.75, 3.05) is 19.6 Å². The van der Waals surface area contributed by atoms with Gasteiger partial charge in [0.1, 0.15) is 6.04 Å². The second-order valence-corrected chi connectivity index (χ2v) is 5.11. The summed E-state index contributed by atoms with van der Waals surface area (Å²) in [5.41, 5.74) is 8.09. The molecule has 3 amide bonds. The van der Waals surface area contributed by atoms with Gasteiger partial charge in [-0.25, -0.2) is 4.79 Å². The molecule has 0 saturated carbocycles. The normalized spacial score (nSPS) is 30.2. The molecule has 2 aliphatic rings. The van der Waals surface area contributed by atoms with Crippen molar-refractivity contribution >= 4 is 11.9 Å². The number of nitrogens with two attached hydrogens (primary N) is 2. The number of halogens is 3. The van der Waals surface area contributed by atoms with Crippen LogP contribution in [0.2, 0.25) is 0 Å². The molecule has 1 fully saturated rings. The smallest absolute Gasteiger partial charge is 0.367 e. The number of urea groups is 1. The first-order valence-electron chi connectivity index (χ1n) is 6.21. The van der Waals surface area contributed by atoms with E-state index in [0.717, 1.165) is 11.8 Å². The molecule has 0 aromatic rings. The zero-order chi connectivity index (χ0) is 16.0. The average molecular weight is 308 g/mol. The summed E-state index contributed by atoms with van der Waals surface area (Å²) in [5, 5.41) is 8.45. The first-order valence-corrected chi connectivity index (χ1v) is 6.21. The summed E-state index contributed by atoms with van der Waals surface area (Å²) < 4.78 is 39.3. The molecule has 118 valence electrons. The number of fused-ring (bicyclic) bond motifs is 1. The van der Waals surface area contributed by atoms with Gasteiger partial charge in [-0.2, -0.15) is 18.3 Å². The highest BCUT2D eigenvalue weighted by Gasteiger charge is 2.64. The summed E-state index contributed by atoms with van der Waals surface area (Å²) in [7, 11) is 0. The molecule has 2 heterocycles. The fourth-order valence-electron chi connectivity index (χ4n) is 2.70. The number of nitrogens with zero attached hydrogens (tertiary/aromatic N) is 4. The van der Waals surface area contributed by atoms with E-state index in [4.69, 9.17) is 11.5 Å². The maximum Gasteiger partial charge on any atom is 0.394 e. The summed E-state index contributed by atoms with van der Waals surface area (Å²) >= 11 is 0. The first-order chi connectivity index (χ1) is 9.60. The van der Waals surface area contributed by atoms with E-state index in [0.29, 0.717) is 0 Å². The number of primary amides is 2. The summed E-state index contributed by atoms with van der Waals surface area (Å²) in [5.74, 6) is -3.36. The Morgan fingerprint density at radius 2 is 1.95 bits per heavy atom. The van der Waals surface area contributed by atoms with E-state index in [1.54, 1.807) is 0 Å². The third-order valence-electron chi connectivity index (χ3n) is 4.04. The topological polar surface area (TPSA) is 117 Å². The molecule has 2 rings (SSSR count). The maximum absolute atomic E-state index is 13.1. The lowest BCUT2D eigenvalue weighted by Gasteiger charge is -2.42. The first kappa shape index (κ1) is 15.3. The van der Waals surface area contributed by atoms with Crippen molar-refractivity contribution in [3.8, 4) is 0 Å².